The second kappa shape index (κ2) is 9.51. The summed E-state index contributed by atoms with van der Waals surface area (Å²) in [6.07, 6.45) is 2.35. The van der Waals surface area contributed by atoms with Crippen molar-refractivity contribution in [2.45, 2.75) is 12.3 Å². The smallest absolute Gasteiger partial charge is 0.404 e. The summed E-state index contributed by atoms with van der Waals surface area (Å²) in [5, 5.41) is 7.45. The number of hydrogen-bond donors (Lipinski definition) is 2. The molecule has 3 rings (SSSR count). The van der Waals surface area contributed by atoms with Gasteiger partial charge in [0, 0.05) is 49.7 Å². The predicted octanol–water partition coefficient (Wildman–Crippen LogP) is 1.96. The van der Waals surface area contributed by atoms with E-state index in [-0.39, 0.29) is 18.1 Å². The molecule has 0 aliphatic carbocycles. The molecule has 1 aromatic heterocycles. The quantitative estimate of drug-likeness (QED) is 0.662. The molecule has 2 aliphatic rings. The Balaban J connectivity index is 1.89. The van der Waals surface area contributed by atoms with Crippen LogP contribution in [0.3, 0.4) is 0 Å². The third-order valence-electron chi connectivity index (χ3n) is 4.59. The first kappa shape index (κ1) is 22.2. The van der Waals surface area contributed by atoms with E-state index in [0.717, 1.165) is 18.6 Å². The van der Waals surface area contributed by atoms with Crippen LogP contribution in [0.25, 0.3) is 5.70 Å². The minimum atomic E-state index is -4.59. The van der Waals surface area contributed by atoms with E-state index in [2.05, 4.69) is 26.7 Å². The number of nitrogens with zero attached hydrogens (tertiary/aromatic N) is 6. The van der Waals surface area contributed by atoms with Crippen LogP contribution in [-0.2, 0) is 4.74 Å². The largest absolute Gasteiger partial charge is 0.434 e. The summed E-state index contributed by atoms with van der Waals surface area (Å²) < 4.78 is 44.9. The summed E-state index contributed by atoms with van der Waals surface area (Å²) in [7, 11) is 0. The number of rotatable bonds is 6. The fourth-order valence-electron chi connectivity index (χ4n) is 3.08. The van der Waals surface area contributed by atoms with Crippen LogP contribution in [0.5, 0.6) is 0 Å². The topological polar surface area (TPSA) is 116 Å². The molecule has 3 heterocycles. The summed E-state index contributed by atoms with van der Waals surface area (Å²) in [5.74, 6) is 0.739. The molecule has 1 unspecified atom stereocenters. The minimum absolute atomic E-state index is 0.0954. The second-order valence-corrected chi connectivity index (χ2v) is 6.53. The molecule has 0 amide bonds. The van der Waals surface area contributed by atoms with Gasteiger partial charge in [-0.05, 0) is 12.8 Å². The Morgan fingerprint density at radius 1 is 1.42 bits per heavy atom. The van der Waals surface area contributed by atoms with Gasteiger partial charge in [-0.3, -0.25) is 9.98 Å². The van der Waals surface area contributed by atoms with E-state index >= 15 is 0 Å². The number of nitrogens with one attached hydrogen (secondary N) is 1. The van der Waals surface area contributed by atoms with Crippen molar-refractivity contribution in [2.24, 2.45) is 15.7 Å². The third kappa shape index (κ3) is 5.15. The lowest BCUT2D eigenvalue weighted by Crippen LogP contribution is -2.44. The van der Waals surface area contributed by atoms with Gasteiger partial charge in [0.25, 0.3) is 0 Å². The molecule has 1 aromatic rings. The molecule has 0 spiro atoms. The number of morpholine rings is 1. The number of allylic oxidation sites excluding steroid dienone is 1. The highest BCUT2D eigenvalue weighted by Gasteiger charge is 2.36. The first-order valence-corrected chi connectivity index (χ1v) is 9.23. The number of anilines is 1. The van der Waals surface area contributed by atoms with Crippen LogP contribution in [0, 0.1) is 5.41 Å². The molecular weight excluding hydrogens is 413 g/mol. The van der Waals surface area contributed by atoms with E-state index in [4.69, 9.17) is 15.9 Å². The fraction of sp³-hybridized carbons (Fsp3) is 0.316. The van der Waals surface area contributed by atoms with Gasteiger partial charge in [-0.25, -0.2) is 9.97 Å². The van der Waals surface area contributed by atoms with Crippen molar-refractivity contribution in [2.75, 3.05) is 31.1 Å². The van der Waals surface area contributed by atoms with E-state index in [1.807, 2.05) is 4.90 Å². The van der Waals surface area contributed by atoms with Crippen molar-refractivity contribution < 1.29 is 17.9 Å². The summed E-state index contributed by atoms with van der Waals surface area (Å²) in [5.41, 5.74) is 5.31. The number of ether oxygens (including phenoxy) is 1. The fourth-order valence-corrected chi connectivity index (χ4v) is 3.08. The van der Waals surface area contributed by atoms with Gasteiger partial charge in [0.2, 0.25) is 0 Å². The number of hydrogen-bond acceptors (Lipinski definition) is 9. The standard InChI is InChI=1S/C19H21F3N8O/c1-25-10-14(29-5-4-26-16(12-29)19(20,21)22)18-27-3-2-17(28-18)30-6-7-31-15(11-30)13(8-23)9-24/h2-4,8-10,12,15,23H,1,5-7,11,24H2/b13-9+,14-10-,23-8?. The Labute approximate surface area is 176 Å². The van der Waals surface area contributed by atoms with Gasteiger partial charge >= 0.3 is 6.18 Å². The van der Waals surface area contributed by atoms with Crippen molar-refractivity contribution in [3.63, 3.8) is 0 Å². The number of alkyl halides is 3. The van der Waals surface area contributed by atoms with Gasteiger partial charge < -0.3 is 25.7 Å². The summed E-state index contributed by atoms with van der Waals surface area (Å²) >= 11 is 0. The van der Waals surface area contributed by atoms with E-state index in [9.17, 15) is 13.2 Å². The number of aliphatic imine (C=N–C) groups is 2. The van der Waals surface area contributed by atoms with Crippen LogP contribution in [0.2, 0.25) is 0 Å². The Morgan fingerprint density at radius 3 is 2.90 bits per heavy atom. The molecule has 1 atom stereocenters. The second-order valence-electron chi connectivity index (χ2n) is 6.53. The molecule has 0 saturated carbocycles. The zero-order valence-corrected chi connectivity index (χ0v) is 16.5. The van der Waals surface area contributed by atoms with Gasteiger partial charge in [-0.1, -0.05) is 0 Å². The summed E-state index contributed by atoms with van der Waals surface area (Å²) in [6.45, 7) is 4.83. The van der Waals surface area contributed by atoms with Gasteiger partial charge in [-0.2, -0.15) is 13.2 Å². The highest BCUT2D eigenvalue weighted by molar-refractivity contribution is 5.77. The van der Waals surface area contributed by atoms with Crippen LogP contribution in [0.1, 0.15) is 5.82 Å². The monoisotopic (exact) mass is 434 g/mol. The van der Waals surface area contributed by atoms with Crippen molar-refractivity contribution in [1.29, 1.82) is 5.41 Å². The Hall–Kier alpha value is -3.54. The molecule has 0 aromatic carbocycles. The molecule has 0 radical (unpaired) electrons. The molecule has 3 N–H and O–H groups in total. The van der Waals surface area contributed by atoms with Crippen molar-refractivity contribution in [1.82, 2.24) is 14.9 Å². The molecule has 0 bridgehead atoms. The van der Waals surface area contributed by atoms with Gasteiger partial charge in [0.1, 0.15) is 17.6 Å². The van der Waals surface area contributed by atoms with E-state index < -0.39 is 18.0 Å². The minimum Gasteiger partial charge on any atom is -0.404 e. The highest BCUT2D eigenvalue weighted by atomic mass is 19.4. The molecule has 2 aliphatic heterocycles. The van der Waals surface area contributed by atoms with Crippen molar-refractivity contribution >= 4 is 30.7 Å². The average Bonchev–Trinajstić information content (AvgIpc) is 2.78. The Morgan fingerprint density at radius 2 is 2.23 bits per heavy atom. The Bertz CT molecular complexity index is 954. The maximum absolute atomic E-state index is 13.1. The first-order chi connectivity index (χ1) is 14.9. The van der Waals surface area contributed by atoms with Gasteiger partial charge in [-0.15, -0.1) is 0 Å². The zero-order valence-electron chi connectivity index (χ0n) is 16.5. The first-order valence-electron chi connectivity index (χ1n) is 9.23. The molecule has 31 heavy (non-hydrogen) atoms. The van der Waals surface area contributed by atoms with Crippen LogP contribution in [-0.4, -0.2) is 72.5 Å². The van der Waals surface area contributed by atoms with Gasteiger partial charge in [0.15, 0.2) is 11.5 Å². The molecule has 1 fully saturated rings. The number of halogens is 3. The Kier molecular flexibility index (Phi) is 6.80. The molecular formula is C19H21F3N8O. The summed E-state index contributed by atoms with van der Waals surface area (Å²) in [4.78, 5) is 19.1. The zero-order chi connectivity index (χ0) is 22.4. The van der Waals surface area contributed by atoms with E-state index in [1.165, 1.54) is 23.5 Å². The summed E-state index contributed by atoms with van der Waals surface area (Å²) in [6, 6.07) is 1.69. The molecule has 9 nitrogen and oxygen atoms in total. The average molecular weight is 434 g/mol. The third-order valence-corrected chi connectivity index (χ3v) is 4.59. The SMILES string of the molecule is C=N/C=C(/c1nccc(N2CCOC(/C(C=N)=C/N)C2)n1)N1C=C(C(F)(F)F)N=CC1. The molecule has 164 valence electrons. The van der Waals surface area contributed by atoms with Crippen molar-refractivity contribution in [3.05, 3.63) is 48.0 Å². The lowest BCUT2D eigenvalue weighted by molar-refractivity contribution is -0.0934. The molecule has 12 heteroatoms. The molecule has 1 saturated heterocycles. The van der Waals surface area contributed by atoms with Crippen LogP contribution < -0.4 is 10.6 Å². The lowest BCUT2D eigenvalue weighted by Gasteiger charge is -2.34. The van der Waals surface area contributed by atoms with Crippen molar-refractivity contribution in [3.8, 4) is 0 Å². The predicted molar refractivity (Wildman–Crippen MR) is 112 cm³/mol. The highest BCUT2D eigenvalue weighted by Crippen LogP contribution is 2.30. The van der Waals surface area contributed by atoms with E-state index in [0.29, 0.717) is 31.1 Å². The lowest BCUT2D eigenvalue weighted by atomic mass is 10.1. The van der Waals surface area contributed by atoms with E-state index in [1.54, 1.807) is 6.07 Å². The van der Waals surface area contributed by atoms with Crippen LogP contribution >= 0.6 is 0 Å². The number of nitrogens with two attached hydrogens (primary N) is 1. The van der Waals surface area contributed by atoms with Crippen LogP contribution in [0.4, 0.5) is 19.0 Å². The maximum atomic E-state index is 13.1. The number of aromatic nitrogens is 2. The normalized spacial score (nSPS) is 20.5. The van der Waals surface area contributed by atoms with Crippen LogP contribution in [0.15, 0.2) is 52.1 Å². The maximum Gasteiger partial charge on any atom is 0.434 e. The van der Waals surface area contributed by atoms with Gasteiger partial charge in [0.05, 0.1) is 19.4 Å².